The highest BCUT2D eigenvalue weighted by atomic mass is 35.5. The molecule has 2 rings (SSSR count). The predicted molar refractivity (Wildman–Crippen MR) is 77.7 cm³/mol. The zero-order valence-corrected chi connectivity index (χ0v) is 12.2. The van der Waals surface area contributed by atoms with Crippen molar-refractivity contribution in [1.29, 1.82) is 0 Å². The maximum Gasteiger partial charge on any atom is 0.239 e. The van der Waals surface area contributed by atoms with Crippen LogP contribution < -0.4 is 10.1 Å². The summed E-state index contributed by atoms with van der Waals surface area (Å²) in [5.41, 5.74) is 1.04. The Morgan fingerprint density at radius 2 is 2.21 bits per heavy atom. The van der Waals surface area contributed by atoms with Gasteiger partial charge in [-0.3, -0.25) is 4.79 Å². The van der Waals surface area contributed by atoms with Crippen LogP contribution in [0.1, 0.15) is 18.4 Å². The lowest BCUT2D eigenvalue weighted by Crippen LogP contribution is -2.41. The van der Waals surface area contributed by atoms with Crippen molar-refractivity contribution in [2.24, 2.45) is 0 Å². The summed E-state index contributed by atoms with van der Waals surface area (Å²) >= 11 is 0. The van der Waals surface area contributed by atoms with Gasteiger partial charge in [-0.15, -0.1) is 12.4 Å². The highest BCUT2D eigenvalue weighted by Gasteiger charge is 2.25. The molecule has 4 nitrogen and oxygen atoms in total. The van der Waals surface area contributed by atoms with Crippen LogP contribution in [0.4, 0.5) is 0 Å². The first kappa shape index (κ1) is 15.8. The SMILES string of the molecule is COc1ccccc1CN(C)C(=O)[C@@H]1CCCN1.Cl. The van der Waals surface area contributed by atoms with Crippen LogP contribution >= 0.6 is 12.4 Å². The minimum absolute atomic E-state index is 0. The lowest BCUT2D eigenvalue weighted by molar-refractivity contribution is -0.132. The maximum atomic E-state index is 12.2. The molecule has 106 valence electrons. The van der Waals surface area contributed by atoms with Crippen LogP contribution in [0.15, 0.2) is 24.3 Å². The van der Waals surface area contributed by atoms with Gasteiger partial charge in [-0.2, -0.15) is 0 Å². The van der Waals surface area contributed by atoms with Crippen LogP contribution in [0.3, 0.4) is 0 Å². The van der Waals surface area contributed by atoms with E-state index in [1.54, 1.807) is 12.0 Å². The minimum Gasteiger partial charge on any atom is -0.496 e. The molecule has 1 heterocycles. The molecule has 0 unspecified atom stereocenters. The zero-order valence-electron chi connectivity index (χ0n) is 11.4. The molecule has 1 amide bonds. The van der Waals surface area contributed by atoms with Gasteiger partial charge in [0.2, 0.25) is 5.91 Å². The van der Waals surface area contributed by atoms with Gasteiger partial charge < -0.3 is 15.0 Å². The first-order valence-electron chi connectivity index (χ1n) is 6.32. The molecule has 1 fully saturated rings. The number of para-hydroxylation sites is 1. The molecule has 1 aromatic carbocycles. The number of halogens is 1. The third kappa shape index (κ3) is 3.85. The van der Waals surface area contributed by atoms with E-state index >= 15 is 0 Å². The molecule has 1 saturated heterocycles. The highest BCUT2D eigenvalue weighted by molar-refractivity contribution is 5.85. The summed E-state index contributed by atoms with van der Waals surface area (Å²) in [7, 11) is 3.49. The summed E-state index contributed by atoms with van der Waals surface area (Å²) in [5, 5.41) is 3.23. The van der Waals surface area contributed by atoms with Crippen molar-refractivity contribution >= 4 is 18.3 Å². The van der Waals surface area contributed by atoms with Gasteiger partial charge in [-0.05, 0) is 25.5 Å². The minimum atomic E-state index is -0.00953. The van der Waals surface area contributed by atoms with Crippen molar-refractivity contribution in [1.82, 2.24) is 10.2 Å². The number of hydrogen-bond acceptors (Lipinski definition) is 3. The smallest absolute Gasteiger partial charge is 0.239 e. The number of carbonyl (C=O) groups excluding carboxylic acids is 1. The van der Waals surface area contributed by atoms with E-state index in [4.69, 9.17) is 4.74 Å². The summed E-state index contributed by atoms with van der Waals surface area (Å²) < 4.78 is 5.30. The zero-order chi connectivity index (χ0) is 13.0. The van der Waals surface area contributed by atoms with E-state index in [2.05, 4.69) is 5.32 Å². The van der Waals surface area contributed by atoms with Crippen molar-refractivity contribution in [2.45, 2.75) is 25.4 Å². The fraction of sp³-hybridized carbons (Fsp3) is 0.500. The lowest BCUT2D eigenvalue weighted by atomic mass is 10.1. The van der Waals surface area contributed by atoms with E-state index in [1.807, 2.05) is 31.3 Å². The molecule has 0 saturated carbocycles. The normalized spacial score (nSPS) is 17.7. The molecule has 0 bridgehead atoms. The number of carbonyl (C=O) groups is 1. The van der Waals surface area contributed by atoms with E-state index in [1.165, 1.54) is 0 Å². The average Bonchev–Trinajstić information content (AvgIpc) is 2.92. The summed E-state index contributed by atoms with van der Waals surface area (Å²) in [4.78, 5) is 13.9. The molecular weight excluding hydrogens is 264 g/mol. The van der Waals surface area contributed by atoms with Gasteiger partial charge in [0.15, 0.2) is 0 Å². The topological polar surface area (TPSA) is 41.6 Å². The Morgan fingerprint density at radius 1 is 1.47 bits per heavy atom. The van der Waals surface area contributed by atoms with Crippen LogP contribution in [-0.4, -0.2) is 37.6 Å². The Morgan fingerprint density at radius 3 is 2.84 bits per heavy atom. The number of nitrogens with zero attached hydrogens (tertiary/aromatic N) is 1. The number of nitrogens with one attached hydrogen (secondary N) is 1. The number of rotatable bonds is 4. The Balaban J connectivity index is 0.00000180. The second-order valence-corrected chi connectivity index (χ2v) is 4.66. The molecule has 0 aliphatic carbocycles. The van der Waals surface area contributed by atoms with Gasteiger partial charge in [0.1, 0.15) is 5.75 Å². The first-order chi connectivity index (χ1) is 8.72. The molecule has 1 aliphatic rings. The fourth-order valence-electron chi connectivity index (χ4n) is 2.33. The molecule has 1 N–H and O–H groups in total. The molecule has 0 spiro atoms. The molecule has 5 heteroatoms. The fourth-order valence-corrected chi connectivity index (χ4v) is 2.33. The van der Waals surface area contributed by atoms with Gasteiger partial charge >= 0.3 is 0 Å². The molecule has 1 aliphatic heterocycles. The number of likely N-dealkylation sites (N-methyl/N-ethyl adjacent to an activating group) is 1. The van der Waals surface area contributed by atoms with Crippen LogP contribution in [0.25, 0.3) is 0 Å². The average molecular weight is 285 g/mol. The number of hydrogen-bond donors (Lipinski definition) is 1. The van der Waals surface area contributed by atoms with Crippen molar-refractivity contribution in [3.8, 4) is 5.75 Å². The van der Waals surface area contributed by atoms with E-state index in [0.717, 1.165) is 30.7 Å². The largest absolute Gasteiger partial charge is 0.496 e. The molecule has 0 aromatic heterocycles. The van der Waals surface area contributed by atoms with Crippen LogP contribution in [0.5, 0.6) is 5.75 Å². The second kappa shape index (κ2) is 7.36. The van der Waals surface area contributed by atoms with E-state index < -0.39 is 0 Å². The van der Waals surface area contributed by atoms with Gasteiger partial charge in [-0.25, -0.2) is 0 Å². The summed E-state index contributed by atoms with van der Waals surface area (Å²) in [6, 6.07) is 7.79. The Bertz CT molecular complexity index is 420. The van der Waals surface area contributed by atoms with E-state index in [-0.39, 0.29) is 24.4 Å². The molecular formula is C14H21ClN2O2. The third-order valence-corrected chi connectivity index (χ3v) is 3.33. The summed E-state index contributed by atoms with van der Waals surface area (Å²) in [6.45, 7) is 1.53. The van der Waals surface area contributed by atoms with E-state index in [9.17, 15) is 4.79 Å². The number of benzene rings is 1. The van der Waals surface area contributed by atoms with Gasteiger partial charge in [0, 0.05) is 19.2 Å². The maximum absolute atomic E-state index is 12.2. The van der Waals surface area contributed by atoms with Crippen LogP contribution in [-0.2, 0) is 11.3 Å². The summed E-state index contributed by atoms with van der Waals surface area (Å²) in [6.07, 6.45) is 2.02. The van der Waals surface area contributed by atoms with Crippen LogP contribution in [0, 0.1) is 0 Å². The summed E-state index contributed by atoms with van der Waals surface area (Å²) in [5.74, 6) is 0.995. The van der Waals surface area contributed by atoms with Gasteiger partial charge in [0.05, 0.1) is 13.2 Å². The van der Waals surface area contributed by atoms with Crippen molar-refractivity contribution in [3.63, 3.8) is 0 Å². The predicted octanol–water partition coefficient (Wildman–Crippen LogP) is 1.83. The third-order valence-electron chi connectivity index (χ3n) is 3.33. The standard InChI is InChI=1S/C14H20N2O2.ClH/c1-16(14(17)12-7-5-9-15-12)10-11-6-3-4-8-13(11)18-2;/h3-4,6,8,12,15H,5,7,9-10H2,1-2H3;1H/t12-;/m0./s1. The quantitative estimate of drug-likeness (QED) is 0.917. The van der Waals surface area contributed by atoms with Crippen molar-refractivity contribution < 1.29 is 9.53 Å². The first-order valence-corrected chi connectivity index (χ1v) is 6.32. The van der Waals surface area contributed by atoms with Gasteiger partial charge in [0.25, 0.3) is 0 Å². The lowest BCUT2D eigenvalue weighted by Gasteiger charge is -2.22. The van der Waals surface area contributed by atoms with Crippen molar-refractivity contribution in [2.75, 3.05) is 20.7 Å². The molecule has 1 atom stereocenters. The molecule has 0 radical (unpaired) electrons. The Kier molecular flexibility index (Phi) is 6.12. The Hall–Kier alpha value is -1.26. The molecule has 1 aromatic rings. The highest BCUT2D eigenvalue weighted by Crippen LogP contribution is 2.19. The van der Waals surface area contributed by atoms with E-state index in [0.29, 0.717) is 6.54 Å². The number of ether oxygens (including phenoxy) is 1. The van der Waals surface area contributed by atoms with Crippen molar-refractivity contribution in [3.05, 3.63) is 29.8 Å². The number of amides is 1. The number of methoxy groups -OCH3 is 1. The second-order valence-electron chi connectivity index (χ2n) is 4.66. The van der Waals surface area contributed by atoms with Crippen LogP contribution in [0.2, 0.25) is 0 Å². The molecule has 19 heavy (non-hydrogen) atoms. The monoisotopic (exact) mass is 284 g/mol. The Labute approximate surface area is 120 Å². The van der Waals surface area contributed by atoms with Gasteiger partial charge in [-0.1, -0.05) is 18.2 Å².